The highest BCUT2D eigenvalue weighted by atomic mass is 19.4. The third-order valence-corrected chi connectivity index (χ3v) is 1.91. The lowest BCUT2D eigenvalue weighted by atomic mass is 10.3. The minimum absolute atomic E-state index is 0.0180. The van der Waals surface area contributed by atoms with E-state index in [1.165, 1.54) is 0 Å². The largest absolute Gasteiger partial charge is 0.424 e. The van der Waals surface area contributed by atoms with E-state index in [4.69, 9.17) is 4.42 Å². The minimum atomic E-state index is -4.19. The Hall–Kier alpha value is -1.11. The van der Waals surface area contributed by atoms with Crippen molar-refractivity contribution in [2.24, 2.45) is 0 Å². The molecule has 1 unspecified atom stereocenters. The molecule has 1 atom stereocenters. The van der Waals surface area contributed by atoms with Gasteiger partial charge in [0.05, 0.1) is 12.5 Å². The molecular formula is C8H12F3N3O. The van der Waals surface area contributed by atoms with Gasteiger partial charge in [-0.25, -0.2) is 0 Å². The van der Waals surface area contributed by atoms with Gasteiger partial charge in [0.25, 0.3) is 0 Å². The van der Waals surface area contributed by atoms with Crippen molar-refractivity contribution < 1.29 is 17.6 Å². The molecule has 0 aliphatic heterocycles. The van der Waals surface area contributed by atoms with Crippen molar-refractivity contribution >= 4 is 0 Å². The summed E-state index contributed by atoms with van der Waals surface area (Å²) in [5, 5.41) is 10.0. The van der Waals surface area contributed by atoms with Gasteiger partial charge >= 0.3 is 6.18 Å². The molecule has 1 heterocycles. The number of halogens is 3. The number of nitrogens with one attached hydrogen (secondary N) is 1. The van der Waals surface area contributed by atoms with Crippen molar-refractivity contribution in [2.45, 2.75) is 32.0 Å². The van der Waals surface area contributed by atoms with Crippen LogP contribution in [0.3, 0.4) is 0 Å². The van der Waals surface area contributed by atoms with Crippen LogP contribution in [0.4, 0.5) is 13.2 Å². The summed E-state index contributed by atoms with van der Waals surface area (Å²) in [7, 11) is 1.70. The molecule has 1 aromatic heterocycles. The van der Waals surface area contributed by atoms with Gasteiger partial charge in [-0.2, -0.15) is 13.2 Å². The van der Waals surface area contributed by atoms with Gasteiger partial charge in [-0.15, -0.1) is 10.2 Å². The van der Waals surface area contributed by atoms with Gasteiger partial charge < -0.3 is 9.73 Å². The number of alkyl halides is 3. The average molecular weight is 223 g/mol. The van der Waals surface area contributed by atoms with Crippen molar-refractivity contribution in [1.82, 2.24) is 15.5 Å². The Morgan fingerprint density at radius 2 is 2.07 bits per heavy atom. The predicted molar refractivity (Wildman–Crippen MR) is 46.1 cm³/mol. The third kappa shape index (κ3) is 3.86. The van der Waals surface area contributed by atoms with Gasteiger partial charge in [0.1, 0.15) is 0 Å². The number of rotatable bonds is 4. The van der Waals surface area contributed by atoms with Crippen molar-refractivity contribution in [2.75, 3.05) is 7.05 Å². The standard InChI is InChI=1S/C8H12F3N3O/c1-5(12-2)7-14-13-6(15-7)3-4-8(9,10)11/h5,12H,3-4H2,1-2H3. The number of aryl methyl sites for hydroxylation is 1. The first-order chi connectivity index (χ1) is 6.92. The van der Waals surface area contributed by atoms with Gasteiger partial charge in [0.2, 0.25) is 11.8 Å². The minimum Gasteiger partial charge on any atom is -0.424 e. The van der Waals surface area contributed by atoms with Crippen LogP contribution in [0.5, 0.6) is 0 Å². The van der Waals surface area contributed by atoms with Crippen LogP contribution in [0.2, 0.25) is 0 Å². The topological polar surface area (TPSA) is 51.0 Å². The molecule has 1 aromatic rings. The molecule has 1 N–H and O–H groups in total. The van der Waals surface area contributed by atoms with Crippen LogP contribution >= 0.6 is 0 Å². The zero-order valence-electron chi connectivity index (χ0n) is 8.43. The number of aromatic nitrogens is 2. The van der Waals surface area contributed by atoms with E-state index in [9.17, 15) is 13.2 Å². The monoisotopic (exact) mass is 223 g/mol. The third-order valence-electron chi connectivity index (χ3n) is 1.91. The Morgan fingerprint density at radius 1 is 1.40 bits per heavy atom. The maximum atomic E-state index is 11.9. The summed E-state index contributed by atoms with van der Waals surface area (Å²) in [5.74, 6) is 0.319. The number of hydrogen-bond donors (Lipinski definition) is 1. The fraction of sp³-hybridized carbons (Fsp3) is 0.750. The molecule has 0 spiro atoms. The lowest BCUT2D eigenvalue weighted by Gasteiger charge is -2.03. The fourth-order valence-electron chi connectivity index (χ4n) is 0.915. The van der Waals surface area contributed by atoms with E-state index in [1.54, 1.807) is 14.0 Å². The summed E-state index contributed by atoms with van der Waals surface area (Å²) < 4.78 is 40.7. The molecular weight excluding hydrogens is 211 g/mol. The van der Waals surface area contributed by atoms with E-state index in [0.29, 0.717) is 5.89 Å². The quantitative estimate of drug-likeness (QED) is 0.846. The van der Waals surface area contributed by atoms with E-state index in [2.05, 4.69) is 15.5 Å². The van der Waals surface area contributed by atoms with Crippen LogP contribution in [0.25, 0.3) is 0 Å². The predicted octanol–water partition coefficient (Wildman–Crippen LogP) is 1.84. The SMILES string of the molecule is CNC(C)c1nnc(CCC(F)(F)F)o1. The second-order valence-electron chi connectivity index (χ2n) is 3.16. The van der Waals surface area contributed by atoms with Crippen LogP contribution in [0.1, 0.15) is 31.2 Å². The van der Waals surface area contributed by atoms with Crippen LogP contribution in [0, 0.1) is 0 Å². The van der Waals surface area contributed by atoms with Crippen LogP contribution in [-0.4, -0.2) is 23.4 Å². The van der Waals surface area contributed by atoms with Gasteiger partial charge in [0, 0.05) is 6.42 Å². The molecule has 1 rings (SSSR count). The first kappa shape index (κ1) is 12.0. The zero-order valence-corrected chi connectivity index (χ0v) is 8.43. The van der Waals surface area contributed by atoms with Crippen molar-refractivity contribution in [3.8, 4) is 0 Å². The van der Waals surface area contributed by atoms with Crippen molar-refractivity contribution in [3.05, 3.63) is 11.8 Å². The van der Waals surface area contributed by atoms with Gasteiger partial charge in [0.15, 0.2) is 0 Å². The summed E-state index contributed by atoms with van der Waals surface area (Å²) in [5.41, 5.74) is 0. The van der Waals surface area contributed by atoms with Crippen molar-refractivity contribution in [3.63, 3.8) is 0 Å². The van der Waals surface area contributed by atoms with E-state index in [0.717, 1.165) is 0 Å². The van der Waals surface area contributed by atoms with Crippen LogP contribution in [0.15, 0.2) is 4.42 Å². The Bertz CT molecular complexity index is 310. The molecule has 86 valence electrons. The van der Waals surface area contributed by atoms with E-state index >= 15 is 0 Å². The highest BCUT2D eigenvalue weighted by molar-refractivity contribution is 4.87. The maximum absolute atomic E-state index is 11.9. The molecule has 4 nitrogen and oxygen atoms in total. The first-order valence-electron chi connectivity index (χ1n) is 4.48. The average Bonchev–Trinajstić information content (AvgIpc) is 2.61. The molecule has 0 aromatic carbocycles. The Balaban J connectivity index is 2.53. The smallest absolute Gasteiger partial charge is 0.389 e. The molecule has 0 saturated carbocycles. The molecule has 0 bridgehead atoms. The van der Waals surface area contributed by atoms with Gasteiger partial charge in [-0.1, -0.05) is 0 Å². The zero-order chi connectivity index (χ0) is 11.5. The van der Waals surface area contributed by atoms with E-state index in [-0.39, 0.29) is 18.4 Å². The molecule has 0 aliphatic carbocycles. The molecule has 0 aliphatic rings. The second kappa shape index (κ2) is 4.61. The van der Waals surface area contributed by atoms with E-state index < -0.39 is 12.6 Å². The second-order valence-corrected chi connectivity index (χ2v) is 3.16. The summed E-state index contributed by atoms with van der Waals surface area (Å²) in [6, 6.07) is -0.155. The summed E-state index contributed by atoms with van der Waals surface area (Å²) in [6.07, 6.45) is -5.40. The summed E-state index contributed by atoms with van der Waals surface area (Å²) in [6.45, 7) is 1.78. The Kier molecular flexibility index (Phi) is 3.67. The number of hydrogen-bond acceptors (Lipinski definition) is 4. The van der Waals surface area contributed by atoms with Gasteiger partial charge in [-0.05, 0) is 14.0 Å². The summed E-state index contributed by atoms with van der Waals surface area (Å²) >= 11 is 0. The Labute approximate surface area is 84.9 Å². The molecule has 0 fully saturated rings. The number of nitrogens with zero attached hydrogens (tertiary/aromatic N) is 2. The molecule has 0 amide bonds. The molecule has 0 radical (unpaired) electrons. The van der Waals surface area contributed by atoms with Crippen molar-refractivity contribution in [1.29, 1.82) is 0 Å². The lowest BCUT2D eigenvalue weighted by molar-refractivity contribution is -0.134. The lowest BCUT2D eigenvalue weighted by Crippen LogP contribution is -2.12. The van der Waals surface area contributed by atoms with E-state index in [1.807, 2.05) is 0 Å². The first-order valence-corrected chi connectivity index (χ1v) is 4.48. The van der Waals surface area contributed by atoms with Crippen LogP contribution < -0.4 is 5.32 Å². The van der Waals surface area contributed by atoms with Gasteiger partial charge in [-0.3, -0.25) is 0 Å². The highest BCUT2D eigenvalue weighted by Gasteiger charge is 2.28. The summed E-state index contributed by atoms with van der Waals surface area (Å²) in [4.78, 5) is 0. The normalized spacial score (nSPS) is 14.2. The highest BCUT2D eigenvalue weighted by Crippen LogP contribution is 2.22. The molecule has 0 saturated heterocycles. The maximum Gasteiger partial charge on any atom is 0.389 e. The molecule has 7 heteroatoms. The fourth-order valence-corrected chi connectivity index (χ4v) is 0.915. The van der Waals surface area contributed by atoms with Crippen LogP contribution in [-0.2, 0) is 6.42 Å². The molecule has 15 heavy (non-hydrogen) atoms. The Morgan fingerprint density at radius 3 is 2.60 bits per heavy atom.